The summed E-state index contributed by atoms with van der Waals surface area (Å²) in [6.45, 7) is 5.46. The van der Waals surface area contributed by atoms with Crippen LogP contribution in [0.5, 0.6) is 0 Å². The van der Waals surface area contributed by atoms with Crippen LogP contribution >= 0.6 is 0 Å². The van der Waals surface area contributed by atoms with E-state index in [0.717, 1.165) is 12.2 Å². The number of carbonyl (C=O) groups is 1. The van der Waals surface area contributed by atoms with Gasteiger partial charge in [0.1, 0.15) is 11.8 Å². The van der Waals surface area contributed by atoms with Crippen molar-refractivity contribution in [2.24, 2.45) is 5.92 Å². The standard InChI is InChI=1S/C17H21N3O4/c1-10(2)15-18-19-16(24-15)13-9-22-7-5-20(13)17(21)12-8-11(12)14-4-3-6-23-14/h3-4,6,10-13H,5,7-9H2,1-2H3/t11-,12+,13-/m0/s1. The molecular formula is C17H21N3O4. The van der Waals surface area contributed by atoms with Crippen molar-refractivity contribution in [2.45, 2.75) is 38.1 Å². The van der Waals surface area contributed by atoms with Crippen molar-refractivity contribution in [1.29, 1.82) is 0 Å². The predicted molar refractivity (Wildman–Crippen MR) is 83.2 cm³/mol. The van der Waals surface area contributed by atoms with Crippen molar-refractivity contribution in [3.63, 3.8) is 0 Å². The van der Waals surface area contributed by atoms with Gasteiger partial charge < -0.3 is 18.5 Å². The van der Waals surface area contributed by atoms with E-state index in [1.54, 1.807) is 6.26 Å². The van der Waals surface area contributed by atoms with Gasteiger partial charge in [-0.3, -0.25) is 4.79 Å². The van der Waals surface area contributed by atoms with Crippen LogP contribution in [0.3, 0.4) is 0 Å². The minimum Gasteiger partial charge on any atom is -0.469 e. The second-order valence-corrected chi connectivity index (χ2v) is 6.72. The molecule has 24 heavy (non-hydrogen) atoms. The van der Waals surface area contributed by atoms with Gasteiger partial charge in [-0.05, 0) is 18.6 Å². The van der Waals surface area contributed by atoms with Gasteiger partial charge in [0.05, 0.1) is 19.5 Å². The molecule has 0 bridgehead atoms. The number of hydrogen-bond donors (Lipinski definition) is 0. The Labute approximate surface area is 140 Å². The van der Waals surface area contributed by atoms with Crippen LogP contribution in [0, 0.1) is 5.92 Å². The average molecular weight is 331 g/mol. The summed E-state index contributed by atoms with van der Waals surface area (Å²) in [4.78, 5) is 14.8. The first kappa shape index (κ1) is 15.4. The number of morpholine rings is 1. The maximum Gasteiger partial charge on any atom is 0.241 e. The molecule has 4 rings (SSSR count). The highest BCUT2D eigenvalue weighted by molar-refractivity contribution is 5.83. The van der Waals surface area contributed by atoms with Crippen molar-refractivity contribution in [3.05, 3.63) is 35.9 Å². The number of ether oxygens (including phenoxy) is 1. The van der Waals surface area contributed by atoms with Gasteiger partial charge in [0.25, 0.3) is 0 Å². The summed E-state index contributed by atoms with van der Waals surface area (Å²) in [5, 5.41) is 8.21. The third kappa shape index (κ3) is 2.73. The summed E-state index contributed by atoms with van der Waals surface area (Å²) < 4.78 is 16.7. The Morgan fingerprint density at radius 1 is 1.38 bits per heavy atom. The summed E-state index contributed by atoms with van der Waals surface area (Å²) >= 11 is 0. The Hall–Kier alpha value is -2.15. The number of aromatic nitrogens is 2. The van der Waals surface area contributed by atoms with Crippen molar-refractivity contribution >= 4 is 5.91 Å². The molecule has 7 nitrogen and oxygen atoms in total. The van der Waals surface area contributed by atoms with Crippen LogP contribution in [-0.2, 0) is 9.53 Å². The van der Waals surface area contributed by atoms with Gasteiger partial charge in [0.15, 0.2) is 0 Å². The van der Waals surface area contributed by atoms with Gasteiger partial charge in [-0.2, -0.15) is 0 Å². The summed E-state index contributed by atoms with van der Waals surface area (Å²) in [5.41, 5.74) is 0. The topological polar surface area (TPSA) is 81.6 Å². The van der Waals surface area contributed by atoms with Gasteiger partial charge in [0, 0.05) is 24.3 Å². The number of carbonyl (C=O) groups excluding carboxylic acids is 1. The van der Waals surface area contributed by atoms with E-state index < -0.39 is 0 Å². The Morgan fingerprint density at radius 3 is 2.96 bits per heavy atom. The molecule has 2 fully saturated rings. The number of hydrogen-bond acceptors (Lipinski definition) is 6. The van der Waals surface area contributed by atoms with Gasteiger partial charge in [0.2, 0.25) is 17.7 Å². The van der Waals surface area contributed by atoms with Crippen molar-refractivity contribution < 1.29 is 18.4 Å². The number of furan rings is 1. The van der Waals surface area contributed by atoms with Crippen LogP contribution in [0.1, 0.15) is 55.7 Å². The Bertz CT molecular complexity index is 709. The van der Waals surface area contributed by atoms with Crippen LogP contribution < -0.4 is 0 Å². The molecule has 0 spiro atoms. The highest BCUT2D eigenvalue weighted by Crippen LogP contribution is 2.49. The minimum atomic E-state index is -0.302. The molecule has 1 amide bonds. The molecule has 0 radical (unpaired) electrons. The lowest BCUT2D eigenvalue weighted by molar-refractivity contribution is -0.142. The van der Waals surface area contributed by atoms with Crippen LogP contribution in [0.25, 0.3) is 0 Å². The zero-order valence-corrected chi connectivity index (χ0v) is 13.8. The summed E-state index contributed by atoms with van der Waals surface area (Å²) in [6.07, 6.45) is 2.48. The molecule has 1 saturated carbocycles. The zero-order valence-electron chi connectivity index (χ0n) is 13.8. The molecule has 1 saturated heterocycles. The number of nitrogens with zero attached hydrogens (tertiary/aromatic N) is 3. The molecule has 3 heterocycles. The summed E-state index contributed by atoms with van der Waals surface area (Å²) in [5.74, 6) is 2.37. The fourth-order valence-corrected chi connectivity index (χ4v) is 3.18. The first-order valence-corrected chi connectivity index (χ1v) is 8.40. The fourth-order valence-electron chi connectivity index (χ4n) is 3.18. The Kier molecular flexibility index (Phi) is 3.88. The van der Waals surface area contributed by atoms with E-state index in [4.69, 9.17) is 13.6 Å². The molecule has 2 aromatic rings. The smallest absolute Gasteiger partial charge is 0.241 e. The van der Waals surface area contributed by atoms with Gasteiger partial charge >= 0.3 is 0 Å². The third-order valence-corrected chi connectivity index (χ3v) is 4.66. The Morgan fingerprint density at radius 2 is 2.25 bits per heavy atom. The lowest BCUT2D eigenvalue weighted by atomic mass is 10.1. The van der Waals surface area contributed by atoms with E-state index in [2.05, 4.69) is 10.2 Å². The molecule has 0 N–H and O–H groups in total. The van der Waals surface area contributed by atoms with Crippen molar-refractivity contribution in [2.75, 3.05) is 19.8 Å². The molecule has 1 aliphatic carbocycles. The quantitative estimate of drug-likeness (QED) is 0.856. The van der Waals surface area contributed by atoms with Crippen LogP contribution in [0.2, 0.25) is 0 Å². The summed E-state index contributed by atoms with van der Waals surface area (Å²) in [6, 6.07) is 3.49. The largest absolute Gasteiger partial charge is 0.469 e. The number of rotatable bonds is 4. The van der Waals surface area contributed by atoms with E-state index in [-0.39, 0.29) is 29.7 Å². The molecule has 1 aliphatic heterocycles. The fraction of sp³-hybridized carbons (Fsp3) is 0.588. The predicted octanol–water partition coefficient (Wildman–Crippen LogP) is 2.49. The van der Waals surface area contributed by atoms with Crippen molar-refractivity contribution in [3.8, 4) is 0 Å². The van der Waals surface area contributed by atoms with Gasteiger partial charge in [-0.1, -0.05) is 13.8 Å². The van der Waals surface area contributed by atoms with Crippen molar-refractivity contribution in [1.82, 2.24) is 15.1 Å². The third-order valence-electron chi connectivity index (χ3n) is 4.66. The second-order valence-electron chi connectivity index (χ2n) is 6.72. The Balaban J connectivity index is 1.50. The van der Waals surface area contributed by atoms with E-state index in [1.165, 1.54) is 0 Å². The van der Waals surface area contributed by atoms with Crippen LogP contribution in [0.4, 0.5) is 0 Å². The monoisotopic (exact) mass is 331 g/mol. The van der Waals surface area contributed by atoms with Gasteiger partial charge in [-0.25, -0.2) is 0 Å². The van der Waals surface area contributed by atoms with E-state index >= 15 is 0 Å². The molecule has 0 aromatic carbocycles. The zero-order chi connectivity index (χ0) is 16.7. The first-order chi connectivity index (χ1) is 11.6. The lowest BCUT2D eigenvalue weighted by Gasteiger charge is -2.33. The molecule has 2 aromatic heterocycles. The maximum absolute atomic E-state index is 12.9. The molecule has 2 aliphatic rings. The normalized spacial score (nSPS) is 26.8. The van der Waals surface area contributed by atoms with E-state index in [1.807, 2.05) is 30.9 Å². The molecule has 0 unspecified atom stereocenters. The highest BCUT2D eigenvalue weighted by Gasteiger charge is 2.49. The summed E-state index contributed by atoms with van der Waals surface area (Å²) in [7, 11) is 0. The second kappa shape index (κ2) is 6.05. The van der Waals surface area contributed by atoms with Crippen LogP contribution in [0.15, 0.2) is 27.2 Å². The maximum atomic E-state index is 12.9. The van der Waals surface area contributed by atoms with E-state index in [9.17, 15) is 4.79 Å². The molecule has 7 heteroatoms. The first-order valence-electron chi connectivity index (χ1n) is 8.40. The molecule has 128 valence electrons. The minimum absolute atomic E-state index is 0.0239. The van der Waals surface area contributed by atoms with Gasteiger partial charge in [-0.15, -0.1) is 10.2 Å². The van der Waals surface area contributed by atoms with Crippen LogP contribution in [-0.4, -0.2) is 40.8 Å². The number of amides is 1. The highest BCUT2D eigenvalue weighted by atomic mass is 16.5. The SMILES string of the molecule is CC(C)c1nnc([C@@H]2COCCN2C(=O)[C@@H]2C[C@@H]2c2ccco2)o1. The average Bonchev–Trinajstić information content (AvgIpc) is 3.03. The van der Waals surface area contributed by atoms with E-state index in [0.29, 0.717) is 31.5 Å². The molecular weight excluding hydrogens is 310 g/mol. The lowest BCUT2D eigenvalue weighted by Crippen LogP contribution is -2.44. The molecule has 3 atom stereocenters.